The van der Waals surface area contributed by atoms with Gasteiger partial charge in [-0.1, -0.05) is 23.5 Å². The number of imidazole rings is 1. The van der Waals surface area contributed by atoms with Crippen LogP contribution in [0.15, 0.2) is 36.8 Å². The van der Waals surface area contributed by atoms with Gasteiger partial charge < -0.3 is 4.74 Å². The molecule has 0 unspecified atom stereocenters. The van der Waals surface area contributed by atoms with E-state index < -0.39 is 5.97 Å². The van der Waals surface area contributed by atoms with Gasteiger partial charge in [0.15, 0.2) is 10.8 Å². The summed E-state index contributed by atoms with van der Waals surface area (Å²) in [4.78, 5) is 20.0. The molecule has 3 rings (SSSR count). The van der Waals surface area contributed by atoms with Crippen molar-refractivity contribution in [3.63, 3.8) is 0 Å². The Kier molecular flexibility index (Phi) is 2.56. The zero-order valence-electron chi connectivity index (χ0n) is 9.53. The van der Waals surface area contributed by atoms with Crippen molar-refractivity contribution in [2.75, 3.05) is 7.11 Å². The maximum absolute atomic E-state index is 11.6. The van der Waals surface area contributed by atoms with Crippen LogP contribution in [-0.4, -0.2) is 27.6 Å². The van der Waals surface area contributed by atoms with Crippen LogP contribution in [0.25, 0.3) is 15.3 Å². The fourth-order valence-corrected chi connectivity index (χ4v) is 2.62. The summed E-state index contributed by atoms with van der Waals surface area (Å²) in [5.74, 6) is -0.424. The van der Waals surface area contributed by atoms with Crippen LogP contribution in [0.3, 0.4) is 0 Å². The average molecular weight is 259 g/mol. The Hall–Kier alpha value is -2.21. The maximum atomic E-state index is 11.6. The van der Waals surface area contributed by atoms with Crippen molar-refractivity contribution in [3.8, 4) is 5.13 Å². The molecule has 0 spiro atoms. The Balaban J connectivity index is 2.14. The zero-order chi connectivity index (χ0) is 12.5. The number of hydrogen-bond donors (Lipinski definition) is 0. The van der Waals surface area contributed by atoms with Crippen LogP contribution in [0.4, 0.5) is 0 Å². The van der Waals surface area contributed by atoms with E-state index in [1.54, 1.807) is 10.9 Å². The van der Waals surface area contributed by atoms with E-state index in [0.29, 0.717) is 10.8 Å². The summed E-state index contributed by atoms with van der Waals surface area (Å²) < 4.78 is 7.41. The fourth-order valence-electron chi connectivity index (χ4n) is 1.67. The van der Waals surface area contributed by atoms with E-state index in [4.69, 9.17) is 4.74 Å². The number of esters is 1. The van der Waals surface area contributed by atoms with E-state index >= 15 is 0 Å². The van der Waals surface area contributed by atoms with Crippen LogP contribution in [0.5, 0.6) is 0 Å². The Morgan fingerprint density at radius 1 is 1.39 bits per heavy atom. The first kappa shape index (κ1) is 10.9. The molecular weight excluding hydrogens is 250 g/mol. The first-order valence-electron chi connectivity index (χ1n) is 5.26. The van der Waals surface area contributed by atoms with Crippen LogP contribution in [0.1, 0.15) is 10.5 Å². The van der Waals surface area contributed by atoms with Crippen molar-refractivity contribution >= 4 is 27.5 Å². The van der Waals surface area contributed by atoms with E-state index in [-0.39, 0.29) is 0 Å². The Bertz CT molecular complexity index is 684. The SMILES string of the molecule is COC(=O)c1cncn1-c1nc2ccccc2s1. The van der Waals surface area contributed by atoms with Gasteiger partial charge in [-0.25, -0.2) is 14.8 Å². The highest BCUT2D eigenvalue weighted by molar-refractivity contribution is 7.20. The lowest BCUT2D eigenvalue weighted by Gasteiger charge is -2.01. The lowest BCUT2D eigenvalue weighted by atomic mass is 10.3. The maximum Gasteiger partial charge on any atom is 0.356 e. The summed E-state index contributed by atoms with van der Waals surface area (Å²) in [7, 11) is 1.35. The topological polar surface area (TPSA) is 57.0 Å². The number of carbonyl (C=O) groups excluding carboxylic acids is 1. The number of methoxy groups -OCH3 is 1. The molecule has 2 aromatic heterocycles. The van der Waals surface area contributed by atoms with Gasteiger partial charge in [-0.05, 0) is 12.1 Å². The summed E-state index contributed by atoms with van der Waals surface area (Å²) in [6, 6.07) is 7.82. The van der Waals surface area contributed by atoms with Gasteiger partial charge in [0.05, 0.1) is 23.5 Å². The normalized spacial score (nSPS) is 10.7. The van der Waals surface area contributed by atoms with Gasteiger partial charge in [-0.15, -0.1) is 0 Å². The van der Waals surface area contributed by atoms with Crippen molar-refractivity contribution in [3.05, 3.63) is 42.5 Å². The van der Waals surface area contributed by atoms with Crippen LogP contribution in [0, 0.1) is 0 Å². The highest BCUT2D eigenvalue weighted by Gasteiger charge is 2.15. The molecule has 0 fully saturated rings. The number of hydrogen-bond acceptors (Lipinski definition) is 5. The molecule has 0 atom stereocenters. The fraction of sp³-hybridized carbons (Fsp3) is 0.0833. The van der Waals surface area contributed by atoms with Crippen molar-refractivity contribution in [2.24, 2.45) is 0 Å². The minimum absolute atomic E-state index is 0.372. The molecule has 0 aliphatic heterocycles. The molecule has 0 amide bonds. The second-order valence-electron chi connectivity index (χ2n) is 3.60. The van der Waals surface area contributed by atoms with Crippen molar-refractivity contribution in [1.82, 2.24) is 14.5 Å². The van der Waals surface area contributed by atoms with Crippen LogP contribution in [-0.2, 0) is 4.74 Å². The van der Waals surface area contributed by atoms with E-state index in [1.165, 1.54) is 24.6 Å². The molecule has 2 heterocycles. The zero-order valence-corrected chi connectivity index (χ0v) is 10.3. The standard InChI is InChI=1S/C12H9N3O2S/c1-17-11(16)9-6-13-7-15(9)12-14-8-4-2-3-5-10(8)18-12/h2-7H,1H3. The van der Waals surface area contributed by atoms with E-state index in [0.717, 1.165) is 10.2 Å². The number of para-hydroxylation sites is 1. The molecule has 0 aliphatic carbocycles. The van der Waals surface area contributed by atoms with Gasteiger partial charge in [-0.3, -0.25) is 4.57 Å². The van der Waals surface area contributed by atoms with E-state index in [2.05, 4.69) is 9.97 Å². The van der Waals surface area contributed by atoms with Crippen molar-refractivity contribution in [1.29, 1.82) is 0 Å². The lowest BCUT2D eigenvalue weighted by Crippen LogP contribution is -2.08. The van der Waals surface area contributed by atoms with Crippen molar-refractivity contribution < 1.29 is 9.53 Å². The highest BCUT2D eigenvalue weighted by Crippen LogP contribution is 2.25. The number of nitrogens with zero attached hydrogens (tertiary/aromatic N) is 3. The smallest absolute Gasteiger partial charge is 0.356 e. The molecule has 3 aromatic rings. The molecule has 0 saturated heterocycles. The first-order valence-corrected chi connectivity index (χ1v) is 6.08. The molecule has 5 nitrogen and oxygen atoms in total. The summed E-state index contributed by atoms with van der Waals surface area (Å²) in [5, 5.41) is 0.703. The molecule has 0 radical (unpaired) electrons. The summed E-state index contributed by atoms with van der Waals surface area (Å²) in [6.45, 7) is 0. The van der Waals surface area contributed by atoms with E-state index in [9.17, 15) is 4.79 Å². The average Bonchev–Trinajstić information content (AvgIpc) is 3.03. The van der Waals surface area contributed by atoms with Crippen LogP contribution in [0.2, 0.25) is 0 Å². The van der Waals surface area contributed by atoms with Crippen molar-refractivity contribution in [2.45, 2.75) is 0 Å². The van der Waals surface area contributed by atoms with Gasteiger partial charge in [-0.2, -0.15) is 0 Å². The van der Waals surface area contributed by atoms with Gasteiger partial charge in [0.25, 0.3) is 0 Å². The monoisotopic (exact) mass is 259 g/mol. The third-order valence-corrected chi connectivity index (χ3v) is 3.56. The molecule has 90 valence electrons. The number of aromatic nitrogens is 3. The van der Waals surface area contributed by atoms with Crippen LogP contribution < -0.4 is 0 Å². The predicted molar refractivity (Wildman–Crippen MR) is 68.1 cm³/mol. The summed E-state index contributed by atoms with van der Waals surface area (Å²) in [6.07, 6.45) is 3.03. The number of thiazole rings is 1. The Labute approximate surface area is 107 Å². The van der Waals surface area contributed by atoms with Crippen LogP contribution >= 0.6 is 11.3 Å². The summed E-state index contributed by atoms with van der Waals surface area (Å²) in [5.41, 5.74) is 1.28. The number of rotatable bonds is 2. The second-order valence-corrected chi connectivity index (χ2v) is 4.61. The van der Waals surface area contributed by atoms with Gasteiger partial charge in [0.2, 0.25) is 0 Å². The van der Waals surface area contributed by atoms with Gasteiger partial charge in [0, 0.05) is 0 Å². The number of benzene rings is 1. The Morgan fingerprint density at radius 3 is 3.00 bits per heavy atom. The molecule has 0 bridgehead atoms. The largest absolute Gasteiger partial charge is 0.464 e. The molecule has 0 saturated carbocycles. The Morgan fingerprint density at radius 2 is 2.22 bits per heavy atom. The quantitative estimate of drug-likeness (QED) is 0.662. The number of ether oxygens (including phenoxy) is 1. The predicted octanol–water partition coefficient (Wildman–Crippen LogP) is 2.27. The number of carbonyl (C=O) groups is 1. The molecular formula is C12H9N3O2S. The van der Waals surface area contributed by atoms with Gasteiger partial charge in [0.1, 0.15) is 6.33 Å². The first-order chi connectivity index (χ1) is 8.79. The lowest BCUT2D eigenvalue weighted by molar-refractivity contribution is 0.0591. The van der Waals surface area contributed by atoms with Gasteiger partial charge >= 0.3 is 5.97 Å². The van der Waals surface area contributed by atoms with E-state index in [1.807, 2.05) is 24.3 Å². The highest BCUT2D eigenvalue weighted by atomic mass is 32.1. The molecule has 0 aliphatic rings. The third kappa shape index (κ3) is 1.67. The molecule has 1 aromatic carbocycles. The molecule has 6 heteroatoms. The third-order valence-electron chi connectivity index (χ3n) is 2.52. The minimum atomic E-state index is -0.424. The minimum Gasteiger partial charge on any atom is -0.464 e. The molecule has 0 N–H and O–H groups in total. The number of fused-ring (bicyclic) bond motifs is 1. The molecule has 18 heavy (non-hydrogen) atoms. The summed E-state index contributed by atoms with van der Waals surface area (Å²) >= 11 is 1.50. The second kappa shape index (κ2) is 4.23.